The lowest BCUT2D eigenvalue weighted by atomic mass is 9.86. The summed E-state index contributed by atoms with van der Waals surface area (Å²) in [5.74, 6) is 0.719. The van der Waals surface area contributed by atoms with Gasteiger partial charge in [-0.3, -0.25) is 0 Å². The molecule has 0 saturated heterocycles. The van der Waals surface area contributed by atoms with Gasteiger partial charge in [-0.1, -0.05) is 43.5 Å². The fourth-order valence-corrected chi connectivity index (χ4v) is 2.81. The third-order valence-electron chi connectivity index (χ3n) is 3.94. The Morgan fingerprint density at radius 3 is 2.61 bits per heavy atom. The van der Waals surface area contributed by atoms with E-state index in [0.29, 0.717) is 17.6 Å². The van der Waals surface area contributed by atoms with Crippen LogP contribution in [-0.4, -0.2) is 17.7 Å². The van der Waals surface area contributed by atoms with E-state index in [2.05, 4.69) is 12.2 Å². The van der Waals surface area contributed by atoms with E-state index < -0.39 is 6.10 Å². The predicted molar refractivity (Wildman–Crippen MR) is 75.8 cm³/mol. The van der Waals surface area contributed by atoms with E-state index in [-0.39, 0.29) is 0 Å². The van der Waals surface area contributed by atoms with Crippen molar-refractivity contribution in [1.29, 1.82) is 0 Å². The number of hydrogen-bond acceptors (Lipinski definition) is 2. The molecule has 18 heavy (non-hydrogen) atoms. The Labute approximate surface area is 114 Å². The number of nitrogens with one attached hydrogen (secondary N) is 1. The molecular weight excluding hydrogens is 246 g/mol. The van der Waals surface area contributed by atoms with E-state index in [0.717, 1.165) is 11.5 Å². The first-order valence-corrected chi connectivity index (χ1v) is 7.21. The van der Waals surface area contributed by atoms with Crippen LogP contribution in [0.1, 0.15) is 44.3 Å². The van der Waals surface area contributed by atoms with E-state index >= 15 is 0 Å². The molecule has 0 aromatic heterocycles. The van der Waals surface area contributed by atoms with Crippen molar-refractivity contribution in [3.05, 3.63) is 34.9 Å². The molecule has 100 valence electrons. The van der Waals surface area contributed by atoms with Crippen LogP contribution >= 0.6 is 11.6 Å². The van der Waals surface area contributed by atoms with Gasteiger partial charge >= 0.3 is 0 Å². The van der Waals surface area contributed by atoms with Gasteiger partial charge in [-0.25, -0.2) is 0 Å². The van der Waals surface area contributed by atoms with Crippen LogP contribution in [0.25, 0.3) is 0 Å². The molecule has 1 aromatic rings. The second-order valence-corrected chi connectivity index (χ2v) is 5.78. The van der Waals surface area contributed by atoms with Crippen LogP contribution in [0.3, 0.4) is 0 Å². The third kappa shape index (κ3) is 3.71. The van der Waals surface area contributed by atoms with Crippen molar-refractivity contribution in [1.82, 2.24) is 5.32 Å². The molecule has 1 fully saturated rings. The second-order valence-electron chi connectivity index (χ2n) is 5.34. The molecule has 2 nitrogen and oxygen atoms in total. The maximum atomic E-state index is 10.1. The molecule has 0 aliphatic heterocycles. The summed E-state index contributed by atoms with van der Waals surface area (Å²) < 4.78 is 0. The number of aliphatic hydroxyl groups excluding tert-OH is 1. The van der Waals surface area contributed by atoms with Gasteiger partial charge in [0, 0.05) is 17.6 Å². The first-order chi connectivity index (χ1) is 8.66. The van der Waals surface area contributed by atoms with Gasteiger partial charge in [0.1, 0.15) is 0 Å². The van der Waals surface area contributed by atoms with E-state index in [9.17, 15) is 5.11 Å². The Kier molecular flexibility index (Phi) is 5.04. The molecule has 2 N–H and O–H groups in total. The summed E-state index contributed by atoms with van der Waals surface area (Å²) in [5.41, 5.74) is 0.926. The Morgan fingerprint density at radius 1 is 1.28 bits per heavy atom. The zero-order valence-electron chi connectivity index (χ0n) is 10.9. The minimum atomic E-state index is -0.448. The smallest absolute Gasteiger partial charge is 0.0914 e. The molecule has 1 aliphatic carbocycles. The number of rotatable bonds is 4. The highest BCUT2D eigenvalue weighted by atomic mass is 35.5. The van der Waals surface area contributed by atoms with E-state index in [1.807, 2.05) is 24.3 Å². The van der Waals surface area contributed by atoms with Crippen molar-refractivity contribution in [3.8, 4) is 0 Å². The average Bonchev–Trinajstić information content (AvgIpc) is 2.38. The second kappa shape index (κ2) is 6.55. The van der Waals surface area contributed by atoms with Crippen molar-refractivity contribution >= 4 is 11.6 Å². The van der Waals surface area contributed by atoms with Gasteiger partial charge < -0.3 is 10.4 Å². The molecule has 0 radical (unpaired) electrons. The summed E-state index contributed by atoms with van der Waals surface area (Å²) in [5, 5.41) is 14.3. The van der Waals surface area contributed by atoms with Crippen LogP contribution < -0.4 is 5.32 Å². The highest BCUT2D eigenvalue weighted by molar-refractivity contribution is 6.30. The van der Waals surface area contributed by atoms with Gasteiger partial charge in [0.15, 0.2) is 0 Å². The summed E-state index contributed by atoms with van der Waals surface area (Å²) in [4.78, 5) is 0. The standard InChI is InChI=1S/C15H22ClNO/c1-11-4-2-3-5-14(11)17-10-15(18)12-6-8-13(16)9-7-12/h6-9,11,14-15,17-18H,2-5,10H2,1H3. The fourth-order valence-electron chi connectivity index (χ4n) is 2.69. The lowest BCUT2D eigenvalue weighted by Gasteiger charge is -2.30. The van der Waals surface area contributed by atoms with Gasteiger partial charge in [-0.15, -0.1) is 0 Å². The van der Waals surface area contributed by atoms with Gasteiger partial charge in [0.25, 0.3) is 0 Å². The highest BCUT2D eigenvalue weighted by Crippen LogP contribution is 2.24. The SMILES string of the molecule is CC1CCCCC1NCC(O)c1ccc(Cl)cc1. The zero-order valence-corrected chi connectivity index (χ0v) is 11.7. The molecule has 3 atom stereocenters. The van der Waals surface area contributed by atoms with Crippen molar-refractivity contribution in [2.75, 3.05) is 6.54 Å². The predicted octanol–water partition coefficient (Wildman–Crippen LogP) is 3.54. The lowest BCUT2D eigenvalue weighted by molar-refractivity contribution is 0.157. The quantitative estimate of drug-likeness (QED) is 0.875. The molecular formula is C15H22ClNO. The van der Waals surface area contributed by atoms with Gasteiger partial charge in [-0.05, 0) is 36.5 Å². The fraction of sp³-hybridized carbons (Fsp3) is 0.600. The topological polar surface area (TPSA) is 32.3 Å². The Morgan fingerprint density at radius 2 is 1.94 bits per heavy atom. The van der Waals surface area contributed by atoms with E-state index in [1.165, 1.54) is 25.7 Å². The van der Waals surface area contributed by atoms with Crippen LogP contribution in [0.4, 0.5) is 0 Å². The third-order valence-corrected chi connectivity index (χ3v) is 4.19. The summed E-state index contributed by atoms with van der Waals surface area (Å²) in [6, 6.07) is 7.98. The molecule has 1 saturated carbocycles. The van der Waals surface area contributed by atoms with E-state index in [1.54, 1.807) is 0 Å². The van der Waals surface area contributed by atoms with Crippen LogP contribution in [0.15, 0.2) is 24.3 Å². The van der Waals surface area contributed by atoms with Crippen molar-refractivity contribution in [2.24, 2.45) is 5.92 Å². The molecule has 3 heteroatoms. The molecule has 0 spiro atoms. The van der Waals surface area contributed by atoms with Gasteiger partial charge in [0.05, 0.1) is 6.10 Å². The zero-order chi connectivity index (χ0) is 13.0. The first kappa shape index (κ1) is 13.9. The average molecular weight is 268 g/mol. The van der Waals surface area contributed by atoms with Crippen molar-refractivity contribution < 1.29 is 5.11 Å². The van der Waals surface area contributed by atoms with E-state index in [4.69, 9.17) is 11.6 Å². The van der Waals surface area contributed by atoms with Crippen LogP contribution in [0.2, 0.25) is 5.02 Å². The monoisotopic (exact) mass is 267 g/mol. The summed E-state index contributed by atoms with van der Waals surface area (Å²) >= 11 is 5.84. The summed E-state index contributed by atoms with van der Waals surface area (Å²) in [7, 11) is 0. The number of hydrogen-bond donors (Lipinski definition) is 2. The Hall–Kier alpha value is -0.570. The molecule has 2 rings (SSSR count). The minimum absolute atomic E-state index is 0.448. The van der Waals surface area contributed by atoms with Crippen LogP contribution in [0.5, 0.6) is 0 Å². The van der Waals surface area contributed by atoms with Crippen LogP contribution in [0, 0.1) is 5.92 Å². The Bertz CT molecular complexity index is 365. The van der Waals surface area contributed by atoms with Gasteiger partial charge in [0.2, 0.25) is 0 Å². The molecule has 3 unspecified atom stereocenters. The number of benzene rings is 1. The van der Waals surface area contributed by atoms with Crippen LogP contribution in [-0.2, 0) is 0 Å². The van der Waals surface area contributed by atoms with Crippen molar-refractivity contribution in [2.45, 2.75) is 44.8 Å². The number of aliphatic hydroxyl groups is 1. The molecule has 1 aliphatic rings. The maximum absolute atomic E-state index is 10.1. The first-order valence-electron chi connectivity index (χ1n) is 6.83. The van der Waals surface area contributed by atoms with Crippen molar-refractivity contribution in [3.63, 3.8) is 0 Å². The maximum Gasteiger partial charge on any atom is 0.0914 e. The Balaban J connectivity index is 1.83. The number of halogens is 1. The molecule has 0 heterocycles. The molecule has 0 bridgehead atoms. The molecule has 0 amide bonds. The summed E-state index contributed by atoms with van der Waals surface area (Å²) in [6.45, 7) is 2.92. The van der Waals surface area contributed by atoms with Gasteiger partial charge in [-0.2, -0.15) is 0 Å². The lowest BCUT2D eigenvalue weighted by Crippen LogP contribution is -2.39. The highest BCUT2D eigenvalue weighted by Gasteiger charge is 2.21. The summed E-state index contributed by atoms with van der Waals surface area (Å²) in [6.07, 6.45) is 4.73. The largest absolute Gasteiger partial charge is 0.387 e. The molecule has 1 aromatic carbocycles. The normalized spacial score (nSPS) is 25.9. The minimum Gasteiger partial charge on any atom is -0.387 e.